The van der Waals surface area contributed by atoms with Gasteiger partial charge in [-0.15, -0.1) is 11.3 Å². The van der Waals surface area contributed by atoms with E-state index < -0.39 is 15.9 Å². The fourth-order valence-electron chi connectivity index (χ4n) is 1.83. The molecule has 0 saturated carbocycles. The van der Waals surface area contributed by atoms with Crippen molar-refractivity contribution in [1.82, 2.24) is 4.72 Å². The van der Waals surface area contributed by atoms with Crippen LogP contribution in [0.2, 0.25) is 0 Å². The van der Waals surface area contributed by atoms with E-state index in [9.17, 15) is 13.2 Å². The molecule has 1 aromatic heterocycles. The van der Waals surface area contributed by atoms with E-state index in [-0.39, 0.29) is 0 Å². The lowest BCUT2D eigenvalue weighted by Crippen LogP contribution is -2.29. The van der Waals surface area contributed by atoms with Gasteiger partial charge in [0.15, 0.2) is 0 Å². The first-order chi connectivity index (χ1) is 9.87. The predicted molar refractivity (Wildman–Crippen MR) is 85.7 cm³/mol. The number of thiophene rings is 1. The molecule has 1 N–H and O–H groups in total. The van der Waals surface area contributed by atoms with Gasteiger partial charge in [0, 0.05) is 10.4 Å². The van der Waals surface area contributed by atoms with Gasteiger partial charge in [-0.25, -0.2) is 13.1 Å². The quantitative estimate of drug-likeness (QED) is 0.941. The maximum atomic E-state index is 12.0. The zero-order valence-electron chi connectivity index (χ0n) is 11.7. The Bertz CT molecular complexity index is 775. The second kappa shape index (κ2) is 6.24. The highest BCUT2D eigenvalue weighted by Gasteiger charge is 2.15. The van der Waals surface area contributed by atoms with Crippen LogP contribution in [-0.4, -0.2) is 14.3 Å². The Morgan fingerprint density at radius 2 is 2.00 bits per heavy atom. The third kappa shape index (κ3) is 4.27. The summed E-state index contributed by atoms with van der Waals surface area (Å²) < 4.78 is 25.8. The number of hydrogen-bond donors (Lipinski definition) is 1. The number of hydrogen-bond acceptors (Lipinski definition) is 4. The van der Waals surface area contributed by atoms with Crippen LogP contribution >= 0.6 is 11.3 Å². The van der Waals surface area contributed by atoms with Crippen LogP contribution in [0.1, 0.15) is 26.4 Å². The number of rotatable bonds is 4. The Balaban J connectivity index is 2.14. The van der Waals surface area contributed by atoms with Crippen LogP contribution in [0.25, 0.3) is 6.08 Å². The molecule has 0 fully saturated rings. The average molecular weight is 321 g/mol. The molecule has 2 rings (SSSR count). The summed E-state index contributed by atoms with van der Waals surface area (Å²) in [5, 5.41) is 2.85. The maximum Gasteiger partial charge on any atom is 0.265 e. The third-order valence-electron chi connectivity index (χ3n) is 2.82. The first kappa shape index (κ1) is 15.5. The van der Waals surface area contributed by atoms with Gasteiger partial charge in [-0.3, -0.25) is 4.79 Å². The molecular formula is C15H15NO3S2. The van der Waals surface area contributed by atoms with Crippen LogP contribution < -0.4 is 4.72 Å². The van der Waals surface area contributed by atoms with E-state index in [2.05, 4.69) is 0 Å². The fourth-order valence-corrected chi connectivity index (χ4v) is 3.30. The van der Waals surface area contributed by atoms with E-state index in [1.807, 2.05) is 29.2 Å². The molecule has 1 amide bonds. The van der Waals surface area contributed by atoms with Crippen LogP contribution in [0.3, 0.4) is 0 Å². The average Bonchev–Trinajstić information content (AvgIpc) is 2.88. The highest BCUT2D eigenvalue weighted by atomic mass is 32.2. The summed E-state index contributed by atoms with van der Waals surface area (Å²) in [5.74, 6) is -0.622. The second-order valence-electron chi connectivity index (χ2n) is 4.61. The molecule has 6 heteroatoms. The largest absolute Gasteiger partial charge is 0.268 e. The molecule has 1 heterocycles. The van der Waals surface area contributed by atoms with Crippen molar-refractivity contribution in [3.63, 3.8) is 0 Å². The molecule has 21 heavy (non-hydrogen) atoms. The summed E-state index contributed by atoms with van der Waals surface area (Å²) in [5.41, 5.74) is 2.11. The number of amides is 1. The van der Waals surface area contributed by atoms with Crippen LogP contribution in [0, 0.1) is 13.8 Å². The van der Waals surface area contributed by atoms with Crippen LogP contribution in [0.15, 0.2) is 41.1 Å². The Morgan fingerprint density at radius 1 is 1.24 bits per heavy atom. The van der Waals surface area contributed by atoms with Crippen LogP contribution in [0.5, 0.6) is 0 Å². The second-order valence-corrected chi connectivity index (χ2v) is 7.16. The molecular weight excluding hydrogens is 306 g/mol. The number of carbonyl (C=O) groups is 1. The first-order valence-corrected chi connectivity index (χ1v) is 8.66. The molecule has 4 nitrogen and oxygen atoms in total. The zero-order chi connectivity index (χ0) is 15.5. The minimum Gasteiger partial charge on any atom is -0.268 e. The fraction of sp³-hybridized carbons (Fsp3) is 0.133. The van der Waals surface area contributed by atoms with Crippen LogP contribution in [-0.2, 0) is 10.0 Å². The van der Waals surface area contributed by atoms with Crippen molar-refractivity contribution < 1.29 is 13.2 Å². The van der Waals surface area contributed by atoms with Crippen molar-refractivity contribution in [2.75, 3.05) is 0 Å². The van der Waals surface area contributed by atoms with Gasteiger partial charge in [0.25, 0.3) is 15.9 Å². The summed E-state index contributed by atoms with van der Waals surface area (Å²) in [6.07, 6.45) is 1.46. The van der Waals surface area contributed by atoms with Crippen molar-refractivity contribution in [2.24, 2.45) is 0 Å². The number of sulfonamides is 1. The van der Waals surface area contributed by atoms with E-state index in [1.54, 1.807) is 25.1 Å². The summed E-state index contributed by atoms with van der Waals surface area (Å²) in [4.78, 5) is 12.8. The van der Waals surface area contributed by atoms with E-state index in [0.29, 0.717) is 5.56 Å². The normalized spacial score (nSPS) is 11.7. The van der Waals surface area contributed by atoms with Crippen molar-refractivity contribution in [3.05, 3.63) is 62.7 Å². The van der Waals surface area contributed by atoms with E-state index >= 15 is 0 Å². The molecule has 0 unspecified atom stereocenters. The Labute approximate surface area is 128 Å². The van der Waals surface area contributed by atoms with E-state index in [4.69, 9.17) is 0 Å². The Hall–Kier alpha value is -1.92. The van der Waals surface area contributed by atoms with E-state index in [0.717, 1.165) is 21.4 Å². The zero-order valence-corrected chi connectivity index (χ0v) is 13.3. The third-order valence-corrected chi connectivity index (χ3v) is 4.62. The molecule has 110 valence electrons. The maximum absolute atomic E-state index is 12.0. The number of nitrogens with one attached hydrogen (secondary N) is 1. The lowest BCUT2D eigenvalue weighted by Gasteiger charge is -2.07. The highest BCUT2D eigenvalue weighted by molar-refractivity contribution is 7.93. The lowest BCUT2D eigenvalue weighted by atomic mass is 10.1. The number of aryl methyl sites for hydroxylation is 2. The first-order valence-electron chi connectivity index (χ1n) is 6.23. The number of benzene rings is 1. The lowest BCUT2D eigenvalue weighted by molar-refractivity contribution is 0.0981. The van der Waals surface area contributed by atoms with Crippen molar-refractivity contribution >= 4 is 33.3 Å². The molecule has 0 spiro atoms. The minimum absolute atomic E-state index is 0.355. The molecule has 0 aliphatic carbocycles. The van der Waals surface area contributed by atoms with Crippen molar-refractivity contribution in [1.29, 1.82) is 0 Å². The molecule has 2 aromatic rings. The van der Waals surface area contributed by atoms with Gasteiger partial charge in [-0.1, -0.05) is 23.8 Å². The molecule has 0 aliphatic heterocycles. The molecule has 0 saturated heterocycles. The summed E-state index contributed by atoms with van der Waals surface area (Å²) in [7, 11) is -3.81. The topological polar surface area (TPSA) is 63.2 Å². The Morgan fingerprint density at radius 3 is 2.62 bits per heavy atom. The van der Waals surface area contributed by atoms with Crippen LogP contribution in [0.4, 0.5) is 0 Å². The molecule has 0 bridgehead atoms. The molecule has 1 aromatic carbocycles. The predicted octanol–water partition coefficient (Wildman–Crippen LogP) is 3.10. The minimum atomic E-state index is -3.81. The van der Waals surface area contributed by atoms with Gasteiger partial charge in [0.1, 0.15) is 0 Å². The highest BCUT2D eigenvalue weighted by Crippen LogP contribution is 2.13. The molecule has 0 aliphatic rings. The smallest absolute Gasteiger partial charge is 0.265 e. The van der Waals surface area contributed by atoms with Gasteiger partial charge in [0.2, 0.25) is 0 Å². The monoisotopic (exact) mass is 321 g/mol. The van der Waals surface area contributed by atoms with Gasteiger partial charge in [-0.05, 0) is 43.0 Å². The van der Waals surface area contributed by atoms with Gasteiger partial charge in [0.05, 0.1) is 5.41 Å². The van der Waals surface area contributed by atoms with Crippen molar-refractivity contribution in [3.8, 4) is 0 Å². The summed E-state index contributed by atoms with van der Waals surface area (Å²) in [6, 6.07) is 8.85. The standard InChI is InChI=1S/C15H15NO3S2/c1-11-5-6-14(12(2)10-11)15(17)16-21(18,19)9-7-13-4-3-8-20-13/h3-10H,1-2H3,(H,16,17)/b9-7+. The van der Waals surface area contributed by atoms with E-state index in [1.165, 1.54) is 17.4 Å². The Kier molecular flexibility index (Phi) is 4.59. The summed E-state index contributed by atoms with van der Waals surface area (Å²) >= 11 is 1.42. The van der Waals surface area contributed by atoms with Gasteiger partial charge < -0.3 is 0 Å². The van der Waals surface area contributed by atoms with Crippen molar-refractivity contribution in [2.45, 2.75) is 13.8 Å². The number of carbonyl (C=O) groups excluding carboxylic acids is 1. The summed E-state index contributed by atoms with van der Waals surface area (Å²) in [6.45, 7) is 3.69. The van der Waals surface area contributed by atoms with Gasteiger partial charge >= 0.3 is 0 Å². The SMILES string of the molecule is Cc1ccc(C(=O)NS(=O)(=O)/C=C/c2cccs2)c(C)c1. The molecule has 0 radical (unpaired) electrons. The van der Waals surface area contributed by atoms with Gasteiger partial charge in [-0.2, -0.15) is 0 Å². The molecule has 0 atom stereocenters.